The molecule has 0 atom stereocenters. The van der Waals surface area contributed by atoms with Gasteiger partial charge in [-0.15, -0.1) is 0 Å². The van der Waals surface area contributed by atoms with Crippen molar-refractivity contribution in [2.24, 2.45) is 5.41 Å². The minimum atomic E-state index is -0.480. The summed E-state index contributed by atoms with van der Waals surface area (Å²) in [5, 5.41) is 2.82. The van der Waals surface area contributed by atoms with Crippen LogP contribution >= 0.6 is 0 Å². The Bertz CT molecular complexity index is 428. The van der Waals surface area contributed by atoms with E-state index in [0.717, 1.165) is 26.1 Å². The molecule has 0 radical (unpaired) electrons. The first kappa shape index (κ1) is 13.0. The van der Waals surface area contributed by atoms with E-state index in [4.69, 9.17) is 4.74 Å². The van der Waals surface area contributed by atoms with Crippen molar-refractivity contribution in [2.75, 3.05) is 19.8 Å². The van der Waals surface area contributed by atoms with Crippen LogP contribution < -0.4 is 5.32 Å². The molecule has 0 aromatic heterocycles. The van der Waals surface area contributed by atoms with Crippen molar-refractivity contribution in [3.8, 4) is 0 Å². The van der Waals surface area contributed by atoms with Crippen LogP contribution in [0.15, 0.2) is 24.3 Å². The largest absolute Gasteiger partial charge is 0.381 e. The monoisotopic (exact) mass is 251 g/mol. The molecule has 1 N–H and O–H groups in total. The average Bonchev–Trinajstić information content (AvgIpc) is 2.38. The summed E-state index contributed by atoms with van der Waals surface area (Å²) in [6.07, 6.45) is 1.84. The quantitative estimate of drug-likeness (QED) is 0.895. The minimum Gasteiger partial charge on any atom is -0.381 e. The molecule has 1 aromatic carbocycles. The molecule has 0 bridgehead atoms. The van der Waals surface area contributed by atoms with Crippen molar-refractivity contribution in [3.05, 3.63) is 35.6 Å². The molecule has 0 aliphatic carbocycles. The van der Waals surface area contributed by atoms with E-state index >= 15 is 0 Å². The maximum absolute atomic E-state index is 13.4. The average molecular weight is 251 g/mol. The first-order valence-corrected chi connectivity index (χ1v) is 6.21. The van der Waals surface area contributed by atoms with E-state index in [2.05, 4.69) is 12.2 Å². The zero-order valence-corrected chi connectivity index (χ0v) is 10.5. The molecule has 98 valence electrons. The van der Waals surface area contributed by atoms with Crippen LogP contribution in [0.2, 0.25) is 0 Å². The predicted molar refractivity (Wildman–Crippen MR) is 66.9 cm³/mol. The van der Waals surface area contributed by atoms with Gasteiger partial charge in [-0.2, -0.15) is 0 Å². The molecule has 0 saturated carbocycles. The topological polar surface area (TPSA) is 38.3 Å². The number of hydrogen-bond acceptors (Lipinski definition) is 2. The smallest absolute Gasteiger partial charge is 0.254 e. The van der Waals surface area contributed by atoms with Crippen molar-refractivity contribution in [1.82, 2.24) is 5.32 Å². The van der Waals surface area contributed by atoms with E-state index in [9.17, 15) is 9.18 Å². The number of benzene rings is 1. The lowest BCUT2D eigenvalue weighted by atomic mass is 9.82. The summed E-state index contributed by atoms with van der Waals surface area (Å²) in [4.78, 5) is 11.9. The van der Waals surface area contributed by atoms with E-state index in [0.29, 0.717) is 6.54 Å². The molecule has 4 heteroatoms. The van der Waals surface area contributed by atoms with E-state index < -0.39 is 5.82 Å². The minimum absolute atomic E-state index is 0.0547. The van der Waals surface area contributed by atoms with Gasteiger partial charge in [-0.3, -0.25) is 4.79 Å². The van der Waals surface area contributed by atoms with Gasteiger partial charge >= 0.3 is 0 Å². The lowest BCUT2D eigenvalue weighted by Crippen LogP contribution is -2.39. The summed E-state index contributed by atoms with van der Waals surface area (Å²) in [6, 6.07) is 6.03. The number of carbonyl (C=O) groups is 1. The highest BCUT2D eigenvalue weighted by Gasteiger charge is 2.28. The Morgan fingerprint density at radius 3 is 2.72 bits per heavy atom. The number of carbonyl (C=O) groups excluding carboxylic acids is 1. The van der Waals surface area contributed by atoms with Crippen LogP contribution in [0.4, 0.5) is 4.39 Å². The molecular weight excluding hydrogens is 233 g/mol. The van der Waals surface area contributed by atoms with Crippen molar-refractivity contribution in [2.45, 2.75) is 19.8 Å². The number of halogens is 1. The summed E-state index contributed by atoms with van der Waals surface area (Å²) in [6.45, 7) is 4.14. The maximum Gasteiger partial charge on any atom is 0.254 e. The number of ether oxygens (including phenoxy) is 1. The van der Waals surface area contributed by atoms with Crippen LogP contribution in [0.25, 0.3) is 0 Å². The molecule has 1 amide bonds. The molecule has 1 heterocycles. The standard InChI is InChI=1S/C14H18FNO2/c1-14(6-8-18-9-7-14)10-16-13(17)11-4-2-3-5-12(11)15/h2-5H,6-10H2,1H3,(H,16,17). The van der Waals surface area contributed by atoms with Crippen molar-refractivity contribution >= 4 is 5.91 Å². The first-order chi connectivity index (χ1) is 8.61. The van der Waals surface area contributed by atoms with Crippen molar-refractivity contribution in [1.29, 1.82) is 0 Å². The van der Waals surface area contributed by atoms with E-state index in [-0.39, 0.29) is 16.9 Å². The third kappa shape index (κ3) is 3.07. The van der Waals surface area contributed by atoms with E-state index in [1.54, 1.807) is 12.1 Å². The third-order valence-corrected chi connectivity index (χ3v) is 3.49. The van der Waals surface area contributed by atoms with Crippen LogP contribution in [0.1, 0.15) is 30.1 Å². The molecule has 0 unspecified atom stereocenters. The molecule has 0 spiro atoms. The second-order valence-electron chi connectivity index (χ2n) is 5.09. The van der Waals surface area contributed by atoms with Gasteiger partial charge < -0.3 is 10.1 Å². The summed E-state index contributed by atoms with van der Waals surface area (Å²) >= 11 is 0. The second kappa shape index (κ2) is 5.48. The SMILES string of the molecule is CC1(CNC(=O)c2ccccc2F)CCOCC1. The fraction of sp³-hybridized carbons (Fsp3) is 0.500. The molecule has 2 rings (SSSR count). The fourth-order valence-corrected chi connectivity index (χ4v) is 2.08. The van der Waals surface area contributed by atoms with Crippen molar-refractivity contribution < 1.29 is 13.9 Å². The van der Waals surface area contributed by atoms with Gasteiger partial charge in [0, 0.05) is 19.8 Å². The molecule has 1 fully saturated rings. The Balaban J connectivity index is 1.94. The van der Waals surface area contributed by atoms with Gasteiger partial charge in [-0.05, 0) is 30.4 Å². The van der Waals surface area contributed by atoms with Gasteiger partial charge in [0.1, 0.15) is 5.82 Å². The molecule has 1 aliphatic rings. The summed E-state index contributed by atoms with van der Waals surface area (Å²) in [5.74, 6) is -0.826. The number of hydrogen-bond donors (Lipinski definition) is 1. The second-order valence-corrected chi connectivity index (χ2v) is 5.09. The third-order valence-electron chi connectivity index (χ3n) is 3.49. The van der Waals surface area contributed by atoms with Gasteiger partial charge in [0.05, 0.1) is 5.56 Å². The van der Waals surface area contributed by atoms with Gasteiger partial charge in [-0.25, -0.2) is 4.39 Å². The molecule has 1 aromatic rings. The van der Waals surface area contributed by atoms with Gasteiger partial charge in [-0.1, -0.05) is 19.1 Å². The predicted octanol–water partition coefficient (Wildman–Crippen LogP) is 2.37. The molecule has 18 heavy (non-hydrogen) atoms. The van der Waals surface area contributed by atoms with Crippen LogP contribution in [0, 0.1) is 11.2 Å². The zero-order valence-electron chi connectivity index (χ0n) is 10.5. The Hall–Kier alpha value is -1.42. The van der Waals surface area contributed by atoms with E-state index in [1.165, 1.54) is 12.1 Å². The molecular formula is C14H18FNO2. The summed E-state index contributed by atoms with van der Waals surface area (Å²) < 4.78 is 18.7. The van der Waals surface area contributed by atoms with E-state index in [1.807, 2.05) is 0 Å². The Kier molecular flexibility index (Phi) is 3.97. The highest BCUT2D eigenvalue weighted by molar-refractivity contribution is 5.94. The maximum atomic E-state index is 13.4. The van der Waals surface area contributed by atoms with Crippen LogP contribution in [0.3, 0.4) is 0 Å². The van der Waals surface area contributed by atoms with Gasteiger partial charge in [0.25, 0.3) is 5.91 Å². The lowest BCUT2D eigenvalue weighted by molar-refractivity contribution is 0.0238. The molecule has 3 nitrogen and oxygen atoms in total. The Morgan fingerprint density at radius 1 is 1.39 bits per heavy atom. The summed E-state index contributed by atoms with van der Waals surface area (Å²) in [7, 11) is 0. The molecule has 1 aliphatic heterocycles. The number of rotatable bonds is 3. The highest BCUT2D eigenvalue weighted by Crippen LogP contribution is 2.28. The number of nitrogens with one attached hydrogen (secondary N) is 1. The van der Waals surface area contributed by atoms with Gasteiger partial charge in [0.15, 0.2) is 0 Å². The van der Waals surface area contributed by atoms with Gasteiger partial charge in [0.2, 0.25) is 0 Å². The lowest BCUT2D eigenvalue weighted by Gasteiger charge is -2.33. The Morgan fingerprint density at radius 2 is 2.06 bits per heavy atom. The Labute approximate surface area is 106 Å². The van der Waals surface area contributed by atoms with Crippen LogP contribution in [0.5, 0.6) is 0 Å². The highest BCUT2D eigenvalue weighted by atomic mass is 19.1. The number of amides is 1. The van der Waals surface area contributed by atoms with Crippen LogP contribution in [-0.4, -0.2) is 25.7 Å². The first-order valence-electron chi connectivity index (χ1n) is 6.21. The van der Waals surface area contributed by atoms with Crippen molar-refractivity contribution in [3.63, 3.8) is 0 Å². The van der Waals surface area contributed by atoms with Crippen LogP contribution in [-0.2, 0) is 4.74 Å². The normalized spacial score (nSPS) is 18.3. The zero-order chi connectivity index (χ0) is 13.0. The summed E-state index contributed by atoms with van der Waals surface area (Å²) in [5.41, 5.74) is 0.160. The fourth-order valence-electron chi connectivity index (χ4n) is 2.08. The molecule has 1 saturated heterocycles.